The van der Waals surface area contributed by atoms with Crippen molar-refractivity contribution in [1.82, 2.24) is 5.16 Å². The molecular formula is C23H20N2O6. The number of aliphatic hydroxyl groups is 1. The van der Waals surface area contributed by atoms with Gasteiger partial charge in [0, 0.05) is 17.2 Å². The van der Waals surface area contributed by atoms with Crippen molar-refractivity contribution < 1.29 is 28.7 Å². The maximum Gasteiger partial charge on any atom is 0.301 e. The number of aliphatic hydroxyl groups excluding tert-OH is 1. The number of hydrogen-bond acceptors (Lipinski definition) is 7. The predicted molar refractivity (Wildman–Crippen MR) is 112 cm³/mol. The van der Waals surface area contributed by atoms with Crippen LogP contribution in [0.5, 0.6) is 11.5 Å². The lowest BCUT2D eigenvalue weighted by Gasteiger charge is -2.24. The number of aromatic nitrogens is 1. The summed E-state index contributed by atoms with van der Waals surface area (Å²) in [6.07, 6.45) is 0. The maximum atomic E-state index is 13.1. The number of Topliss-reactive ketones (excluding diaryl/α,β-unsaturated/α-hetero) is 1. The fourth-order valence-corrected chi connectivity index (χ4v) is 3.63. The highest BCUT2D eigenvalue weighted by atomic mass is 16.5. The van der Waals surface area contributed by atoms with Gasteiger partial charge in [-0.05, 0) is 25.1 Å². The first-order valence-electron chi connectivity index (χ1n) is 9.48. The average molecular weight is 420 g/mol. The molecule has 0 unspecified atom stereocenters. The van der Waals surface area contributed by atoms with Crippen molar-refractivity contribution in [1.29, 1.82) is 0 Å². The number of carbonyl (C=O) groups is 2. The molecule has 4 rings (SSSR count). The zero-order valence-corrected chi connectivity index (χ0v) is 17.2. The van der Waals surface area contributed by atoms with Crippen LogP contribution < -0.4 is 14.4 Å². The number of carbonyl (C=O) groups excluding carboxylic acids is 2. The van der Waals surface area contributed by atoms with Gasteiger partial charge in [0.05, 0.1) is 19.8 Å². The molecule has 0 radical (unpaired) electrons. The number of benzene rings is 2. The van der Waals surface area contributed by atoms with Crippen LogP contribution in [0.25, 0.3) is 5.76 Å². The number of anilines is 1. The molecule has 1 saturated heterocycles. The second-order valence-corrected chi connectivity index (χ2v) is 6.94. The third kappa shape index (κ3) is 3.42. The number of aryl methyl sites for hydroxylation is 1. The van der Waals surface area contributed by atoms with E-state index in [-0.39, 0.29) is 17.2 Å². The summed E-state index contributed by atoms with van der Waals surface area (Å²) in [5.74, 6) is -0.429. The van der Waals surface area contributed by atoms with Gasteiger partial charge in [-0.1, -0.05) is 35.5 Å². The molecule has 1 aliphatic rings. The van der Waals surface area contributed by atoms with Crippen LogP contribution in [0, 0.1) is 6.92 Å². The molecule has 1 aromatic heterocycles. The highest BCUT2D eigenvalue weighted by molar-refractivity contribution is 6.51. The molecule has 1 amide bonds. The topological polar surface area (TPSA) is 102 Å². The number of amides is 1. The minimum atomic E-state index is -1.00. The van der Waals surface area contributed by atoms with E-state index in [1.165, 1.54) is 19.1 Å². The molecule has 8 nitrogen and oxygen atoms in total. The minimum Gasteiger partial charge on any atom is -0.507 e. The summed E-state index contributed by atoms with van der Waals surface area (Å²) >= 11 is 0. The van der Waals surface area contributed by atoms with E-state index in [1.54, 1.807) is 61.5 Å². The molecule has 1 N–H and O–H groups in total. The molecule has 0 aliphatic carbocycles. The molecule has 2 aromatic carbocycles. The molecule has 31 heavy (non-hydrogen) atoms. The van der Waals surface area contributed by atoms with Gasteiger partial charge in [0.15, 0.2) is 5.82 Å². The van der Waals surface area contributed by atoms with E-state index in [2.05, 4.69) is 5.16 Å². The minimum absolute atomic E-state index is 0.0802. The lowest BCUT2D eigenvalue weighted by atomic mass is 9.94. The summed E-state index contributed by atoms with van der Waals surface area (Å²) in [5, 5.41) is 15.0. The molecule has 1 atom stereocenters. The Hall–Kier alpha value is -4.07. The lowest BCUT2D eigenvalue weighted by Crippen LogP contribution is -2.30. The van der Waals surface area contributed by atoms with Crippen LogP contribution in [0.2, 0.25) is 0 Å². The summed E-state index contributed by atoms with van der Waals surface area (Å²) in [4.78, 5) is 27.4. The van der Waals surface area contributed by atoms with Crippen LogP contribution >= 0.6 is 0 Å². The Kier molecular flexibility index (Phi) is 5.21. The molecule has 0 spiro atoms. The molecule has 2 heterocycles. The normalized spacial score (nSPS) is 17.8. The van der Waals surface area contributed by atoms with Crippen LogP contribution in [0.3, 0.4) is 0 Å². The summed E-state index contributed by atoms with van der Waals surface area (Å²) in [7, 11) is 2.99. The summed E-state index contributed by atoms with van der Waals surface area (Å²) in [6.45, 7) is 1.68. The first kappa shape index (κ1) is 20.2. The molecule has 0 saturated carbocycles. The number of methoxy groups -OCH3 is 2. The second kappa shape index (κ2) is 7.98. The number of ketones is 1. The lowest BCUT2D eigenvalue weighted by molar-refractivity contribution is -0.132. The zero-order chi connectivity index (χ0) is 22.1. The van der Waals surface area contributed by atoms with E-state index < -0.39 is 17.7 Å². The highest BCUT2D eigenvalue weighted by Crippen LogP contribution is 2.45. The standard InChI is InChI=1S/C23H20N2O6/c1-13-11-18(24-31-13)25-20(16-12-15(29-2)9-10-17(16)30-3)19(22(27)23(25)28)21(26)14-7-5-4-6-8-14/h4-12,20,26H,1-3H3/b21-19+/t20-/m1/s1. The van der Waals surface area contributed by atoms with Crippen molar-refractivity contribution in [2.45, 2.75) is 13.0 Å². The van der Waals surface area contributed by atoms with Crippen molar-refractivity contribution in [3.05, 3.63) is 77.1 Å². The monoisotopic (exact) mass is 420 g/mol. The largest absolute Gasteiger partial charge is 0.507 e. The van der Waals surface area contributed by atoms with Gasteiger partial charge < -0.3 is 19.1 Å². The predicted octanol–water partition coefficient (Wildman–Crippen LogP) is 3.63. The van der Waals surface area contributed by atoms with Crippen LogP contribution in [0.1, 0.15) is 22.9 Å². The Labute approximate surface area is 178 Å². The molecule has 8 heteroatoms. The van der Waals surface area contributed by atoms with Gasteiger partial charge in [-0.3, -0.25) is 14.5 Å². The molecule has 1 aliphatic heterocycles. The van der Waals surface area contributed by atoms with E-state index in [9.17, 15) is 14.7 Å². The highest BCUT2D eigenvalue weighted by Gasteiger charge is 2.49. The van der Waals surface area contributed by atoms with Gasteiger partial charge in [0.25, 0.3) is 5.78 Å². The van der Waals surface area contributed by atoms with Crippen LogP contribution in [-0.2, 0) is 9.59 Å². The van der Waals surface area contributed by atoms with Crippen molar-refractivity contribution in [2.75, 3.05) is 19.1 Å². The Morgan fingerprint density at radius 3 is 2.42 bits per heavy atom. The van der Waals surface area contributed by atoms with Crippen LogP contribution in [0.15, 0.2) is 64.7 Å². The molecule has 158 valence electrons. The third-order valence-corrected chi connectivity index (χ3v) is 5.09. The van der Waals surface area contributed by atoms with Crippen LogP contribution in [-0.4, -0.2) is 36.2 Å². The van der Waals surface area contributed by atoms with Crippen molar-refractivity contribution in [3.8, 4) is 11.5 Å². The summed E-state index contributed by atoms with van der Waals surface area (Å²) in [5.41, 5.74) is 0.784. The first-order chi connectivity index (χ1) is 15.0. The van der Waals surface area contributed by atoms with Crippen molar-refractivity contribution in [3.63, 3.8) is 0 Å². The zero-order valence-electron chi connectivity index (χ0n) is 17.2. The Bertz CT molecular complexity index is 1180. The van der Waals surface area contributed by atoms with Crippen molar-refractivity contribution in [2.24, 2.45) is 0 Å². The van der Waals surface area contributed by atoms with E-state index in [1.807, 2.05) is 0 Å². The molecule has 1 fully saturated rings. The SMILES string of the molecule is COc1ccc(OC)c([C@@H]2/C(=C(\O)c3ccccc3)C(=O)C(=O)N2c2cc(C)on2)c1. The Balaban J connectivity index is 2.01. The van der Waals surface area contributed by atoms with E-state index in [0.29, 0.717) is 28.4 Å². The smallest absolute Gasteiger partial charge is 0.301 e. The quantitative estimate of drug-likeness (QED) is 0.382. The fraction of sp³-hybridized carbons (Fsp3) is 0.174. The Morgan fingerprint density at radius 1 is 1.06 bits per heavy atom. The molecule has 0 bridgehead atoms. The van der Waals surface area contributed by atoms with E-state index in [4.69, 9.17) is 14.0 Å². The number of rotatable bonds is 5. The number of nitrogens with zero attached hydrogens (tertiary/aromatic N) is 2. The van der Waals surface area contributed by atoms with Gasteiger partial charge >= 0.3 is 5.91 Å². The van der Waals surface area contributed by atoms with Gasteiger partial charge in [-0.2, -0.15) is 0 Å². The fourth-order valence-electron chi connectivity index (χ4n) is 3.63. The van der Waals surface area contributed by atoms with Crippen LogP contribution in [0.4, 0.5) is 5.82 Å². The number of ether oxygens (including phenoxy) is 2. The van der Waals surface area contributed by atoms with Crippen molar-refractivity contribution >= 4 is 23.3 Å². The molecule has 3 aromatic rings. The molecular weight excluding hydrogens is 400 g/mol. The van der Waals surface area contributed by atoms with Gasteiger partial charge in [0.2, 0.25) is 0 Å². The van der Waals surface area contributed by atoms with E-state index in [0.717, 1.165) is 0 Å². The number of hydrogen-bond donors (Lipinski definition) is 1. The summed E-state index contributed by atoms with van der Waals surface area (Å²) in [6, 6.07) is 14.1. The first-order valence-corrected chi connectivity index (χ1v) is 9.48. The van der Waals surface area contributed by atoms with Gasteiger partial charge in [-0.25, -0.2) is 0 Å². The average Bonchev–Trinajstić information content (AvgIpc) is 3.34. The third-order valence-electron chi connectivity index (χ3n) is 5.09. The maximum absolute atomic E-state index is 13.1. The van der Waals surface area contributed by atoms with Gasteiger partial charge in [-0.15, -0.1) is 0 Å². The summed E-state index contributed by atoms with van der Waals surface area (Å²) < 4.78 is 16.0. The van der Waals surface area contributed by atoms with Gasteiger partial charge in [0.1, 0.15) is 29.1 Å². The second-order valence-electron chi connectivity index (χ2n) is 6.94. The van der Waals surface area contributed by atoms with E-state index >= 15 is 0 Å². The Morgan fingerprint density at radius 2 is 1.81 bits per heavy atom.